The molecule has 0 aromatic rings. The van der Waals surface area contributed by atoms with Crippen molar-refractivity contribution in [2.75, 3.05) is 13.2 Å². The first-order chi connectivity index (χ1) is 10.2. The summed E-state index contributed by atoms with van der Waals surface area (Å²) in [6, 6.07) is 1.24. The van der Waals surface area contributed by atoms with Gasteiger partial charge in [0.1, 0.15) is 5.60 Å². The molecule has 0 saturated carbocycles. The van der Waals surface area contributed by atoms with Crippen LogP contribution >= 0.6 is 0 Å². The Bertz CT molecular complexity index is 491. The summed E-state index contributed by atoms with van der Waals surface area (Å²) in [5.41, 5.74) is -1.72. The summed E-state index contributed by atoms with van der Waals surface area (Å²) in [7, 11) is 0. The molecule has 2 rings (SSSR count). The monoisotopic (exact) mass is 310 g/mol. The average Bonchev–Trinajstić information content (AvgIpc) is 2.35. The number of carbonyl (C=O) groups excluding carboxylic acids is 1. The molecule has 1 N–H and O–H groups in total. The number of nitriles is 1. The van der Waals surface area contributed by atoms with Gasteiger partial charge in [0.15, 0.2) is 0 Å². The smallest absolute Gasteiger partial charge is 0.410 e. The third-order valence-electron chi connectivity index (χ3n) is 4.14. The fourth-order valence-electron chi connectivity index (χ4n) is 3.26. The van der Waals surface area contributed by atoms with Crippen molar-refractivity contribution in [2.24, 2.45) is 5.41 Å². The van der Waals surface area contributed by atoms with Crippen molar-refractivity contribution in [1.29, 1.82) is 5.26 Å². The highest BCUT2D eigenvalue weighted by molar-refractivity contribution is 5.77. The van der Waals surface area contributed by atoms with Gasteiger partial charge in [0, 0.05) is 0 Å². The van der Waals surface area contributed by atoms with Crippen molar-refractivity contribution in [1.82, 2.24) is 4.90 Å². The molecule has 0 aromatic carbocycles. The van der Waals surface area contributed by atoms with Crippen molar-refractivity contribution < 1.29 is 24.2 Å². The van der Waals surface area contributed by atoms with Gasteiger partial charge in [-0.25, -0.2) is 4.79 Å². The second-order valence-corrected chi connectivity index (χ2v) is 7.06. The highest BCUT2D eigenvalue weighted by Gasteiger charge is 2.53. The SMILES string of the molecule is CC(C)(C)OC(=O)N1[C@@H]2COC[C@H]1C[C@](CC#N)(C(=O)O)C2. The first kappa shape index (κ1) is 16.6. The second kappa shape index (κ2) is 5.76. The van der Waals surface area contributed by atoms with Crippen LogP contribution in [0.3, 0.4) is 0 Å². The maximum absolute atomic E-state index is 12.4. The average molecular weight is 310 g/mol. The molecule has 2 bridgehead atoms. The quantitative estimate of drug-likeness (QED) is 0.834. The maximum Gasteiger partial charge on any atom is 0.410 e. The molecule has 2 saturated heterocycles. The zero-order chi connectivity index (χ0) is 16.5. The highest BCUT2D eigenvalue weighted by atomic mass is 16.6. The number of hydrogen-bond donors (Lipinski definition) is 1. The largest absolute Gasteiger partial charge is 0.481 e. The number of nitrogens with zero attached hydrogens (tertiary/aromatic N) is 2. The first-order valence-corrected chi connectivity index (χ1v) is 7.38. The number of carbonyl (C=O) groups is 2. The number of hydrogen-bond acceptors (Lipinski definition) is 5. The van der Waals surface area contributed by atoms with Crippen molar-refractivity contribution in [3.63, 3.8) is 0 Å². The van der Waals surface area contributed by atoms with E-state index in [1.165, 1.54) is 0 Å². The summed E-state index contributed by atoms with van der Waals surface area (Å²) in [6.07, 6.45) is -0.0730. The van der Waals surface area contributed by atoms with Crippen LogP contribution in [-0.4, -0.2) is 53.0 Å². The van der Waals surface area contributed by atoms with E-state index in [0.717, 1.165) is 0 Å². The molecule has 0 aliphatic carbocycles. The molecule has 0 unspecified atom stereocenters. The molecular formula is C15H22N2O5. The molecular weight excluding hydrogens is 288 g/mol. The van der Waals surface area contributed by atoms with Crippen molar-refractivity contribution >= 4 is 12.1 Å². The van der Waals surface area contributed by atoms with Crippen LogP contribution < -0.4 is 0 Å². The third kappa shape index (κ3) is 3.17. The minimum Gasteiger partial charge on any atom is -0.481 e. The van der Waals surface area contributed by atoms with Gasteiger partial charge < -0.3 is 14.6 Å². The first-order valence-electron chi connectivity index (χ1n) is 7.38. The van der Waals surface area contributed by atoms with Crippen molar-refractivity contribution in [3.05, 3.63) is 0 Å². The Hall–Kier alpha value is -1.81. The minimum atomic E-state index is -1.10. The molecule has 0 radical (unpaired) electrons. The van der Waals surface area contributed by atoms with Gasteiger partial charge in [-0.2, -0.15) is 5.26 Å². The molecule has 7 nitrogen and oxygen atoms in total. The van der Waals surface area contributed by atoms with Crippen LogP contribution in [0.5, 0.6) is 0 Å². The lowest BCUT2D eigenvalue weighted by molar-refractivity contribution is -0.163. The predicted molar refractivity (Wildman–Crippen MR) is 76.0 cm³/mol. The normalized spacial score (nSPS) is 31.3. The zero-order valence-corrected chi connectivity index (χ0v) is 13.2. The zero-order valence-electron chi connectivity index (χ0n) is 13.2. The topological polar surface area (TPSA) is 99.9 Å². The van der Waals surface area contributed by atoms with Gasteiger partial charge in [0.25, 0.3) is 0 Å². The molecule has 7 heteroatoms. The second-order valence-electron chi connectivity index (χ2n) is 7.06. The van der Waals surface area contributed by atoms with Crippen LogP contribution in [0.15, 0.2) is 0 Å². The van der Waals surface area contributed by atoms with Crippen molar-refractivity contribution in [2.45, 2.75) is 57.7 Å². The maximum atomic E-state index is 12.4. The fourth-order valence-corrected chi connectivity index (χ4v) is 3.26. The summed E-state index contributed by atoms with van der Waals surface area (Å²) in [5.74, 6) is -0.977. The van der Waals surface area contributed by atoms with Crippen LogP contribution in [-0.2, 0) is 14.3 Å². The van der Waals surface area contributed by atoms with E-state index in [-0.39, 0.29) is 44.6 Å². The standard InChI is InChI=1S/C15H22N2O5/c1-14(2,3)22-13(20)17-10-6-15(4-5-16,12(18)19)7-11(17)9-21-8-10/h10-11H,4,6-9H2,1-3H3,(H,18,19)/t10-,11+,15+. The molecule has 0 aromatic heterocycles. The van der Waals surface area contributed by atoms with E-state index >= 15 is 0 Å². The molecule has 2 aliphatic heterocycles. The van der Waals surface area contributed by atoms with E-state index in [2.05, 4.69) is 0 Å². The number of carboxylic acids is 1. The van der Waals surface area contributed by atoms with E-state index in [1.54, 1.807) is 25.7 Å². The van der Waals surface area contributed by atoms with E-state index in [1.807, 2.05) is 6.07 Å². The van der Waals surface area contributed by atoms with Gasteiger partial charge in [0.2, 0.25) is 0 Å². The summed E-state index contributed by atoms with van der Waals surface area (Å²) in [5, 5.41) is 18.5. The lowest BCUT2D eigenvalue weighted by Crippen LogP contribution is -2.63. The summed E-state index contributed by atoms with van der Waals surface area (Å²) in [6.45, 7) is 5.92. The Balaban J connectivity index is 2.23. The van der Waals surface area contributed by atoms with Gasteiger partial charge in [-0.15, -0.1) is 0 Å². The summed E-state index contributed by atoms with van der Waals surface area (Å²) in [4.78, 5) is 25.7. The van der Waals surface area contributed by atoms with E-state index < -0.39 is 23.1 Å². The Morgan fingerprint density at radius 1 is 1.36 bits per heavy atom. The number of piperidine rings is 1. The van der Waals surface area contributed by atoms with Gasteiger partial charge in [-0.05, 0) is 33.6 Å². The Kier molecular flexibility index (Phi) is 4.34. The number of amides is 1. The van der Waals surface area contributed by atoms with Gasteiger partial charge in [0.05, 0.1) is 43.2 Å². The molecule has 1 amide bonds. The van der Waals surface area contributed by atoms with Gasteiger partial charge >= 0.3 is 12.1 Å². The lowest BCUT2D eigenvalue weighted by Gasteiger charge is -2.51. The van der Waals surface area contributed by atoms with Crippen LogP contribution in [0.4, 0.5) is 4.79 Å². The predicted octanol–water partition coefficient (Wildman–Crippen LogP) is 1.77. The molecule has 122 valence electrons. The van der Waals surface area contributed by atoms with Crippen LogP contribution in [0, 0.1) is 16.7 Å². The number of morpholine rings is 1. The third-order valence-corrected chi connectivity index (χ3v) is 4.14. The highest BCUT2D eigenvalue weighted by Crippen LogP contribution is 2.43. The number of ether oxygens (including phenoxy) is 2. The fraction of sp³-hybridized carbons (Fsp3) is 0.800. The Labute approximate surface area is 129 Å². The number of aliphatic carboxylic acids is 1. The van der Waals surface area contributed by atoms with Crippen LogP contribution in [0.2, 0.25) is 0 Å². The number of rotatable bonds is 2. The van der Waals surface area contributed by atoms with Gasteiger partial charge in [-0.3, -0.25) is 9.69 Å². The Morgan fingerprint density at radius 3 is 2.32 bits per heavy atom. The number of fused-ring (bicyclic) bond motifs is 2. The molecule has 2 fully saturated rings. The molecule has 22 heavy (non-hydrogen) atoms. The van der Waals surface area contributed by atoms with E-state index in [0.29, 0.717) is 0 Å². The minimum absolute atomic E-state index is 0.0580. The summed E-state index contributed by atoms with van der Waals surface area (Å²) >= 11 is 0. The summed E-state index contributed by atoms with van der Waals surface area (Å²) < 4.78 is 10.9. The number of carboxylic acid groups (broad SMARTS) is 1. The van der Waals surface area contributed by atoms with E-state index in [9.17, 15) is 14.7 Å². The van der Waals surface area contributed by atoms with Gasteiger partial charge in [-0.1, -0.05) is 0 Å². The van der Waals surface area contributed by atoms with E-state index in [4.69, 9.17) is 14.7 Å². The van der Waals surface area contributed by atoms with Crippen LogP contribution in [0.1, 0.15) is 40.0 Å². The lowest BCUT2D eigenvalue weighted by atomic mass is 9.70. The molecule has 0 spiro atoms. The molecule has 2 heterocycles. The Morgan fingerprint density at radius 2 is 1.91 bits per heavy atom. The molecule has 3 atom stereocenters. The molecule has 2 aliphatic rings. The van der Waals surface area contributed by atoms with Crippen LogP contribution in [0.25, 0.3) is 0 Å². The van der Waals surface area contributed by atoms with Crippen molar-refractivity contribution in [3.8, 4) is 6.07 Å².